The monoisotopic (exact) mass is 1010 g/mol. The number of hydrogen-bond donors (Lipinski definition) is 0. The van der Waals surface area contributed by atoms with Gasteiger partial charge in [-0.1, -0.05) is 125 Å². The lowest BCUT2D eigenvalue weighted by molar-refractivity contribution is -0.384. The number of hydrogen-bond acceptors (Lipinski definition) is 12. The van der Waals surface area contributed by atoms with Gasteiger partial charge in [0.05, 0.1) is 27.9 Å². The lowest BCUT2D eigenvalue weighted by Crippen LogP contribution is -2.71. The number of fused-ring (bicyclic) bond motifs is 1. The number of β-lactam (4-membered cyclic amide) rings is 1. The molecule has 3 aromatic heterocycles. The second-order valence-electron chi connectivity index (χ2n) is 19.1. The molecule has 14 nitrogen and oxygen atoms in total. The number of thiazole rings is 1. The number of Topliss-reactive ketones (excluding diaryl/α,β-unsaturated/α-hetero) is 1. The van der Waals surface area contributed by atoms with Gasteiger partial charge in [0.2, 0.25) is 11.7 Å². The van der Waals surface area contributed by atoms with Crippen LogP contribution in [0.2, 0.25) is 18.1 Å². The topological polar surface area (TPSA) is 165 Å². The van der Waals surface area contributed by atoms with E-state index in [0.29, 0.717) is 26.5 Å². The SMILES string of the molecule is COC(OC)(c1cccnc1)c1ncn2cc(C(=O)[C@H](C)[C@@H]3[C@@H]([C@@H](C)O[Si](C)(C)C(C)(C)C)C(=O)N3C(C(=O)OCc3ccc([N+](=O)[O-])cc3)=P(c3ccccc3)(c3ccccc3)c3ccccc3)sc12. The molecule has 0 saturated carbocycles. The zero-order valence-corrected chi connectivity index (χ0v) is 43.9. The van der Waals surface area contributed by atoms with E-state index in [2.05, 4.69) is 38.8 Å². The summed E-state index contributed by atoms with van der Waals surface area (Å²) in [6.07, 6.45) is 5.96. The normalized spacial score (nSPS) is 16.3. The van der Waals surface area contributed by atoms with Crippen molar-refractivity contribution in [3.8, 4) is 0 Å². The molecule has 368 valence electrons. The molecule has 4 aromatic carbocycles. The summed E-state index contributed by atoms with van der Waals surface area (Å²) in [6, 6.07) is 37.5. The molecule has 7 aromatic rings. The van der Waals surface area contributed by atoms with Crippen molar-refractivity contribution in [2.24, 2.45) is 11.8 Å². The van der Waals surface area contributed by atoms with Crippen LogP contribution in [0.25, 0.3) is 4.83 Å². The van der Waals surface area contributed by atoms with Crippen LogP contribution >= 0.6 is 18.2 Å². The Morgan fingerprint density at radius 1 is 0.845 bits per heavy atom. The molecule has 1 amide bonds. The molecule has 0 radical (unpaired) electrons. The van der Waals surface area contributed by atoms with E-state index in [0.717, 1.165) is 15.9 Å². The smallest absolute Gasteiger partial charge is 0.356 e. The molecule has 1 aliphatic heterocycles. The standard InChI is InChI=1S/C54H58N5O9PSSi/c1-36(47(60)44-33-57-35-56-48(51(57)70-44)54(65-6,66-7)39-20-19-31-55-32-39)46-45(37(2)68-71(8,9)53(3,4)5)49(61)58(46)50(52(62)67-34-38-27-29-40(30-28-38)59(63)64)69(41-21-13-10-14-22-41,42-23-15-11-16-24-42)43-25-17-12-18-26-43/h10-33,35-37,45-46H,34H2,1-9H3/t36-,37-,45-,46-/m1/s1. The molecule has 0 N–H and O–H groups in total. The lowest BCUT2D eigenvalue weighted by atomic mass is 9.75. The molecule has 0 unspecified atom stereocenters. The number of carbonyl (C=O) groups is 3. The molecule has 1 saturated heterocycles. The number of nitrogens with zero attached hydrogens (tertiary/aromatic N) is 5. The molecule has 0 spiro atoms. The van der Waals surface area contributed by atoms with Crippen molar-refractivity contribution in [2.45, 2.75) is 77.3 Å². The van der Waals surface area contributed by atoms with Gasteiger partial charge in [-0.3, -0.25) is 29.1 Å². The molecule has 8 rings (SSSR count). The molecule has 71 heavy (non-hydrogen) atoms. The number of nitro benzene ring substituents is 1. The minimum atomic E-state index is -3.43. The Bertz CT molecular complexity index is 3000. The molecule has 4 heterocycles. The fraction of sp³-hybridized carbons (Fsp3) is 0.296. The quantitative estimate of drug-likeness (QED) is 0.0118. The number of methoxy groups -OCH3 is 2. The predicted octanol–water partition coefficient (Wildman–Crippen LogP) is 9.12. The third kappa shape index (κ3) is 9.24. The highest BCUT2D eigenvalue weighted by molar-refractivity contribution is 7.96. The van der Waals surface area contributed by atoms with Crippen molar-refractivity contribution in [3.63, 3.8) is 0 Å². The maximum atomic E-state index is 15.8. The number of rotatable bonds is 18. The number of pyridine rings is 1. The molecule has 0 bridgehead atoms. The van der Waals surface area contributed by atoms with Gasteiger partial charge in [0, 0.05) is 63.3 Å². The number of likely N-dealkylation sites (tertiary alicyclic amines) is 1. The number of non-ortho nitro benzene ring substituents is 1. The Morgan fingerprint density at radius 2 is 1.41 bits per heavy atom. The van der Waals surface area contributed by atoms with Gasteiger partial charge >= 0.3 is 5.97 Å². The zero-order chi connectivity index (χ0) is 50.9. The van der Waals surface area contributed by atoms with Crippen LogP contribution in [0.4, 0.5) is 5.69 Å². The van der Waals surface area contributed by atoms with Crippen molar-refractivity contribution in [2.75, 3.05) is 14.2 Å². The second kappa shape index (κ2) is 20.4. The molecule has 1 fully saturated rings. The summed E-state index contributed by atoms with van der Waals surface area (Å²) in [7, 11) is 0.518. The highest BCUT2D eigenvalue weighted by atomic mass is 32.1. The number of benzene rings is 4. The van der Waals surface area contributed by atoms with Crippen LogP contribution in [0.1, 0.15) is 61.1 Å². The van der Waals surface area contributed by atoms with Gasteiger partial charge in [0.15, 0.2) is 14.1 Å². The molecular formula is C54H58N5O9PSSi. The Balaban J connectivity index is 1.35. The first-order chi connectivity index (χ1) is 33.9. The summed E-state index contributed by atoms with van der Waals surface area (Å²) in [6.45, 7) is 10.7. The fourth-order valence-electron chi connectivity index (χ4n) is 9.32. The van der Waals surface area contributed by atoms with E-state index in [1.807, 2.05) is 111 Å². The second-order valence-corrected chi connectivity index (χ2v) is 28.2. The van der Waals surface area contributed by atoms with Crippen LogP contribution in [-0.2, 0) is 40.6 Å². The van der Waals surface area contributed by atoms with E-state index in [-0.39, 0.29) is 34.4 Å². The Kier molecular flexibility index (Phi) is 14.6. The van der Waals surface area contributed by atoms with E-state index >= 15 is 14.4 Å². The first-order valence-corrected chi connectivity index (χ1v) is 28.8. The Morgan fingerprint density at radius 3 is 1.90 bits per heavy atom. The van der Waals surface area contributed by atoms with Crippen LogP contribution in [0.5, 0.6) is 0 Å². The number of amides is 1. The maximum absolute atomic E-state index is 15.8. The van der Waals surface area contributed by atoms with Crippen molar-refractivity contribution in [3.05, 3.63) is 184 Å². The van der Waals surface area contributed by atoms with Crippen LogP contribution in [0, 0.1) is 22.0 Å². The molecule has 4 atom stereocenters. The van der Waals surface area contributed by atoms with E-state index in [1.165, 1.54) is 49.8 Å². The third-order valence-electron chi connectivity index (χ3n) is 14.0. The summed E-state index contributed by atoms with van der Waals surface area (Å²) >= 11 is 1.22. The predicted molar refractivity (Wildman–Crippen MR) is 281 cm³/mol. The van der Waals surface area contributed by atoms with Crippen molar-refractivity contribution < 1.29 is 37.9 Å². The number of ketones is 1. The first kappa shape index (κ1) is 51.0. The van der Waals surface area contributed by atoms with Gasteiger partial charge in [-0.25, -0.2) is 9.78 Å². The van der Waals surface area contributed by atoms with Crippen LogP contribution in [0.3, 0.4) is 0 Å². The maximum Gasteiger partial charge on any atom is 0.356 e. The molecule has 1 aliphatic rings. The van der Waals surface area contributed by atoms with E-state index in [4.69, 9.17) is 23.6 Å². The van der Waals surface area contributed by atoms with Crippen molar-refractivity contribution >= 4 is 76.0 Å². The van der Waals surface area contributed by atoms with E-state index < -0.39 is 55.9 Å². The van der Waals surface area contributed by atoms with Gasteiger partial charge in [-0.15, -0.1) is 11.3 Å². The largest absolute Gasteiger partial charge is 0.456 e. The summed E-state index contributed by atoms with van der Waals surface area (Å²) < 4.78 is 27.2. The van der Waals surface area contributed by atoms with Crippen LogP contribution in [-0.4, -0.2) is 82.0 Å². The molecule has 17 heteroatoms. The summed E-state index contributed by atoms with van der Waals surface area (Å²) in [4.78, 5) is 69.6. The van der Waals surface area contributed by atoms with E-state index in [1.54, 1.807) is 40.3 Å². The number of aromatic nitrogens is 3. The lowest BCUT2D eigenvalue weighted by Gasteiger charge is -2.54. The van der Waals surface area contributed by atoms with Crippen LogP contribution in [0.15, 0.2) is 152 Å². The van der Waals surface area contributed by atoms with E-state index in [9.17, 15) is 10.1 Å². The number of carbonyl (C=O) groups excluding carboxylic acids is 3. The highest BCUT2D eigenvalue weighted by Crippen LogP contribution is 2.52. The number of esters is 1. The fourth-order valence-corrected chi connectivity index (χ4v) is 16.3. The number of imidazole rings is 1. The van der Waals surface area contributed by atoms with Crippen LogP contribution < -0.4 is 15.9 Å². The summed E-state index contributed by atoms with van der Waals surface area (Å²) in [5.74, 6) is -4.61. The van der Waals surface area contributed by atoms with Gasteiger partial charge in [-0.05, 0) is 64.7 Å². The summed E-state index contributed by atoms with van der Waals surface area (Å²) in [5, 5.41) is 13.7. The molecule has 0 aliphatic carbocycles. The third-order valence-corrected chi connectivity index (χ3v) is 23.9. The van der Waals surface area contributed by atoms with Gasteiger partial charge in [0.25, 0.3) is 5.69 Å². The van der Waals surface area contributed by atoms with Gasteiger partial charge in [0.1, 0.15) is 28.9 Å². The molecular weight excluding hydrogens is 954 g/mol. The average Bonchev–Trinajstić information content (AvgIpc) is 3.98. The minimum absolute atomic E-state index is 0.0979. The highest BCUT2D eigenvalue weighted by Gasteiger charge is 2.59. The number of ether oxygens (including phenoxy) is 3. The average molecular weight is 1010 g/mol. The Hall–Kier alpha value is -6.39. The summed E-state index contributed by atoms with van der Waals surface area (Å²) in [5.41, 5.74) is 1.53. The van der Waals surface area contributed by atoms with Gasteiger partial charge in [-0.2, -0.15) is 0 Å². The van der Waals surface area contributed by atoms with Gasteiger partial charge < -0.3 is 23.5 Å². The zero-order valence-electron chi connectivity index (χ0n) is 41.2. The minimum Gasteiger partial charge on any atom is -0.456 e. The Labute approximate surface area is 418 Å². The van der Waals surface area contributed by atoms with Crippen molar-refractivity contribution in [1.29, 1.82) is 0 Å². The number of nitro groups is 1. The first-order valence-electron chi connectivity index (χ1n) is 23.3. The van der Waals surface area contributed by atoms with Crippen molar-refractivity contribution in [1.82, 2.24) is 19.3 Å².